The lowest BCUT2D eigenvalue weighted by atomic mass is 10.1. The maximum atomic E-state index is 5.51. The summed E-state index contributed by atoms with van der Waals surface area (Å²) in [5.41, 5.74) is 1.16. The first-order valence-electron chi connectivity index (χ1n) is 6.16. The summed E-state index contributed by atoms with van der Waals surface area (Å²) in [5.74, 6) is 0.715. The average molecular weight is 237 g/mol. The summed E-state index contributed by atoms with van der Waals surface area (Å²) in [6.45, 7) is 11.4. The van der Waals surface area contributed by atoms with Crippen LogP contribution in [0, 0.1) is 5.92 Å². The van der Waals surface area contributed by atoms with Crippen molar-refractivity contribution in [2.75, 3.05) is 19.8 Å². The van der Waals surface area contributed by atoms with Gasteiger partial charge in [-0.2, -0.15) is 5.10 Å². The minimum Gasteiger partial charge on any atom is -0.380 e. The fourth-order valence-electron chi connectivity index (χ4n) is 1.37. The second kappa shape index (κ2) is 8.03. The van der Waals surface area contributed by atoms with Gasteiger partial charge in [-0.05, 0) is 12.3 Å². The smallest absolute Gasteiger partial charge is 0.0591 e. The molecule has 0 radical (unpaired) electrons. The Labute approximate surface area is 104 Å². The maximum absolute atomic E-state index is 5.51. The Morgan fingerprint density at radius 3 is 3.00 bits per heavy atom. The van der Waals surface area contributed by atoms with Crippen LogP contribution in [0.15, 0.2) is 19.0 Å². The molecular weight excluding hydrogens is 214 g/mol. The summed E-state index contributed by atoms with van der Waals surface area (Å²) in [7, 11) is 0. The molecule has 1 rings (SSSR count). The molecule has 96 valence electrons. The monoisotopic (exact) mass is 237 g/mol. The second-order valence-electron chi connectivity index (χ2n) is 4.48. The Morgan fingerprint density at radius 2 is 2.35 bits per heavy atom. The van der Waals surface area contributed by atoms with Gasteiger partial charge in [0.15, 0.2) is 0 Å². The third kappa shape index (κ3) is 6.24. The van der Waals surface area contributed by atoms with Gasteiger partial charge in [-0.1, -0.05) is 20.4 Å². The maximum Gasteiger partial charge on any atom is 0.0591 e. The van der Waals surface area contributed by atoms with E-state index in [4.69, 9.17) is 4.74 Å². The Kier molecular flexibility index (Phi) is 6.58. The van der Waals surface area contributed by atoms with E-state index in [-0.39, 0.29) is 0 Å². The molecule has 0 saturated carbocycles. The average Bonchev–Trinajstić information content (AvgIpc) is 2.75. The molecule has 1 N–H and O–H groups in total. The minimum atomic E-state index is 0.715. The van der Waals surface area contributed by atoms with Crippen molar-refractivity contribution >= 4 is 6.20 Å². The zero-order valence-electron chi connectivity index (χ0n) is 10.9. The molecule has 0 aliphatic rings. The van der Waals surface area contributed by atoms with Crippen LogP contribution in [0.4, 0.5) is 0 Å². The molecule has 0 aromatic carbocycles. The molecule has 0 aliphatic carbocycles. The molecule has 17 heavy (non-hydrogen) atoms. The topological polar surface area (TPSA) is 39.1 Å². The zero-order chi connectivity index (χ0) is 12.5. The van der Waals surface area contributed by atoms with Gasteiger partial charge in [0.1, 0.15) is 0 Å². The van der Waals surface area contributed by atoms with Crippen molar-refractivity contribution in [3.8, 4) is 0 Å². The van der Waals surface area contributed by atoms with E-state index < -0.39 is 0 Å². The van der Waals surface area contributed by atoms with Crippen molar-refractivity contribution in [1.29, 1.82) is 0 Å². The standard InChI is InChI=1S/C13H23N3O/c1-4-16-11-13(10-15-16)9-14-6-8-17-7-5-12(2)3/h4,10-12,14H,1,5-9H2,2-3H3. The largest absolute Gasteiger partial charge is 0.380 e. The third-order valence-corrected chi connectivity index (χ3v) is 2.43. The van der Waals surface area contributed by atoms with E-state index in [1.54, 1.807) is 10.9 Å². The number of ether oxygens (including phenoxy) is 1. The molecule has 1 aromatic rings. The summed E-state index contributed by atoms with van der Waals surface area (Å²) >= 11 is 0. The summed E-state index contributed by atoms with van der Waals surface area (Å²) in [4.78, 5) is 0. The van der Waals surface area contributed by atoms with Crippen LogP contribution in [0.25, 0.3) is 6.20 Å². The SMILES string of the molecule is C=Cn1cc(CNCCOCCC(C)C)cn1. The predicted molar refractivity (Wildman–Crippen MR) is 70.6 cm³/mol. The lowest BCUT2D eigenvalue weighted by molar-refractivity contribution is 0.125. The fraction of sp³-hybridized carbons (Fsp3) is 0.615. The van der Waals surface area contributed by atoms with Crippen LogP contribution in [0.5, 0.6) is 0 Å². The lowest BCUT2D eigenvalue weighted by Crippen LogP contribution is -2.19. The second-order valence-corrected chi connectivity index (χ2v) is 4.48. The number of aromatic nitrogens is 2. The molecule has 0 spiro atoms. The van der Waals surface area contributed by atoms with E-state index in [0.29, 0.717) is 5.92 Å². The van der Waals surface area contributed by atoms with Crippen molar-refractivity contribution in [3.05, 3.63) is 24.5 Å². The molecule has 0 unspecified atom stereocenters. The van der Waals surface area contributed by atoms with Crippen molar-refractivity contribution in [2.24, 2.45) is 5.92 Å². The molecule has 0 saturated heterocycles. The Bertz CT molecular complexity index is 320. The Balaban J connectivity index is 1.99. The number of nitrogens with one attached hydrogen (secondary N) is 1. The number of nitrogens with zero attached hydrogens (tertiary/aromatic N) is 2. The molecule has 0 aliphatic heterocycles. The van der Waals surface area contributed by atoms with Crippen LogP contribution in [-0.2, 0) is 11.3 Å². The highest BCUT2D eigenvalue weighted by Crippen LogP contribution is 1.99. The Hall–Kier alpha value is -1.13. The van der Waals surface area contributed by atoms with Gasteiger partial charge in [-0.15, -0.1) is 0 Å². The van der Waals surface area contributed by atoms with Crippen molar-refractivity contribution in [1.82, 2.24) is 15.1 Å². The van der Waals surface area contributed by atoms with E-state index in [9.17, 15) is 0 Å². The highest BCUT2D eigenvalue weighted by Gasteiger charge is 1.96. The van der Waals surface area contributed by atoms with Gasteiger partial charge in [0.05, 0.1) is 12.8 Å². The van der Waals surface area contributed by atoms with Crippen molar-refractivity contribution in [2.45, 2.75) is 26.8 Å². The minimum absolute atomic E-state index is 0.715. The molecule has 4 nitrogen and oxygen atoms in total. The first kappa shape index (κ1) is 13.9. The van der Waals surface area contributed by atoms with Crippen LogP contribution in [-0.4, -0.2) is 29.5 Å². The summed E-state index contributed by atoms with van der Waals surface area (Å²) in [6.07, 6.45) is 6.61. The molecule has 4 heteroatoms. The van der Waals surface area contributed by atoms with Gasteiger partial charge in [0, 0.05) is 37.7 Å². The van der Waals surface area contributed by atoms with Crippen LogP contribution < -0.4 is 5.32 Å². The van der Waals surface area contributed by atoms with E-state index in [1.165, 1.54) is 0 Å². The molecular formula is C13H23N3O. The molecule has 1 heterocycles. The highest BCUT2D eigenvalue weighted by atomic mass is 16.5. The molecule has 0 atom stereocenters. The van der Waals surface area contributed by atoms with E-state index in [1.807, 2.05) is 12.4 Å². The van der Waals surface area contributed by atoms with E-state index in [2.05, 4.69) is 30.8 Å². The van der Waals surface area contributed by atoms with Gasteiger partial charge in [0.25, 0.3) is 0 Å². The van der Waals surface area contributed by atoms with Gasteiger partial charge in [-0.3, -0.25) is 0 Å². The molecule has 1 aromatic heterocycles. The van der Waals surface area contributed by atoms with E-state index >= 15 is 0 Å². The molecule has 0 bridgehead atoms. The number of hydrogen-bond acceptors (Lipinski definition) is 3. The van der Waals surface area contributed by atoms with Gasteiger partial charge in [0.2, 0.25) is 0 Å². The van der Waals surface area contributed by atoms with E-state index in [0.717, 1.165) is 38.3 Å². The van der Waals surface area contributed by atoms with Crippen molar-refractivity contribution in [3.63, 3.8) is 0 Å². The van der Waals surface area contributed by atoms with Gasteiger partial charge in [-0.25, -0.2) is 4.68 Å². The van der Waals surface area contributed by atoms with Crippen LogP contribution in [0.1, 0.15) is 25.8 Å². The van der Waals surface area contributed by atoms with Gasteiger partial charge < -0.3 is 10.1 Å². The fourth-order valence-corrected chi connectivity index (χ4v) is 1.37. The number of rotatable bonds is 9. The van der Waals surface area contributed by atoms with Gasteiger partial charge >= 0.3 is 0 Å². The first-order valence-corrected chi connectivity index (χ1v) is 6.16. The summed E-state index contributed by atoms with van der Waals surface area (Å²) in [5, 5.41) is 7.42. The van der Waals surface area contributed by atoms with Crippen LogP contribution in [0.3, 0.4) is 0 Å². The summed E-state index contributed by atoms with van der Waals surface area (Å²) in [6, 6.07) is 0. The number of hydrogen-bond donors (Lipinski definition) is 1. The third-order valence-electron chi connectivity index (χ3n) is 2.43. The highest BCUT2D eigenvalue weighted by molar-refractivity contribution is 5.17. The molecule has 0 fully saturated rings. The Morgan fingerprint density at radius 1 is 1.53 bits per heavy atom. The zero-order valence-corrected chi connectivity index (χ0v) is 10.9. The van der Waals surface area contributed by atoms with Crippen LogP contribution >= 0.6 is 0 Å². The normalized spacial score (nSPS) is 11.0. The van der Waals surface area contributed by atoms with Crippen LogP contribution in [0.2, 0.25) is 0 Å². The lowest BCUT2D eigenvalue weighted by Gasteiger charge is -2.06. The first-order chi connectivity index (χ1) is 8.22. The molecule has 0 amide bonds. The quantitative estimate of drug-likeness (QED) is 0.669. The predicted octanol–water partition coefficient (Wildman–Crippen LogP) is 2.14. The summed E-state index contributed by atoms with van der Waals surface area (Å²) < 4.78 is 7.21. The van der Waals surface area contributed by atoms with Crippen molar-refractivity contribution < 1.29 is 4.74 Å².